The number of carbonyl (C=O) groups is 1. The SMILES string of the molecule is COCc1c(F)cc(C2CC(C(=O)O)CN2)cc1Br. The largest absolute Gasteiger partial charge is 0.481 e. The Kier molecular flexibility index (Phi) is 4.54. The van der Waals surface area contributed by atoms with Crippen LogP contribution in [0.25, 0.3) is 0 Å². The minimum atomic E-state index is -0.814. The Bertz CT molecular complexity index is 472. The van der Waals surface area contributed by atoms with E-state index in [1.807, 2.05) is 6.07 Å². The first kappa shape index (κ1) is 14.4. The predicted octanol–water partition coefficient (Wildman–Crippen LogP) is 2.47. The zero-order chi connectivity index (χ0) is 14.0. The molecule has 1 saturated heterocycles. The summed E-state index contributed by atoms with van der Waals surface area (Å²) >= 11 is 3.33. The molecule has 1 aromatic carbocycles. The van der Waals surface area contributed by atoms with E-state index in [0.717, 1.165) is 5.56 Å². The quantitative estimate of drug-likeness (QED) is 0.889. The highest BCUT2D eigenvalue weighted by Crippen LogP contribution is 2.31. The third kappa shape index (κ3) is 3.13. The van der Waals surface area contributed by atoms with Crippen molar-refractivity contribution in [1.82, 2.24) is 5.32 Å². The first-order chi connectivity index (χ1) is 9.02. The van der Waals surface area contributed by atoms with Crippen molar-refractivity contribution < 1.29 is 19.0 Å². The molecule has 2 atom stereocenters. The Labute approximate surface area is 119 Å². The lowest BCUT2D eigenvalue weighted by atomic mass is 9.99. The van der Waals surface area contributed by atoms with E-state index in [1.165, 1.54) is 13.2 Å². The van der Waals surface area contributed by atoms with E-state index < -0.39 is 11.9 Å². The minimum Gasteiger partial charge on any atom is -0.481 e. The Morgan fingerprint density at radius 1 is 1.63 bits per heavy atom. The molecule has 104 valence electrons. The van der Waals surface area contributed by atoms with Crippen LogP contribution in [0.15, 0.2) is 16.6 Å². The number of halogens is 2. The van der Waals surface area contributed by atoms with Crippen molar-refractivity contribution in [3.63, 3.8) is 0 Å². The van der Waals surface area contributed by atoms with Gasteiger partial charge >= 0.3 is 5.97 Å². The van der Waals surface area contributed by atoms with E-state index in [4.69, 9.17) is 9.84 Å². The number of rotatable bonds is 4. The Balaban J connectivity index is 2.20. The van der Waals surface area contributed by atoms with Crippen LogP contribution < -0.4 is 5.32 Å². The average molecular weight is 332 g/mol. The van der Waals surface area contributed by atoms with Gasteiger partial charge in [-0.05, 0) is 24.1 Å². The maximum Gasteiger partial charge on any atom is 0.307 e. The monoisotopic (exact) mass is 331 g/mol. The molecule has 1 aliphatic rings. The Morgan fingerprint density at radius 3 is 2.89 bits per heavy atom. The molecule has 4 nitrogen and oxygen atoms in total. The van der Waals surface area contributed by atoms with Gasteiger partial charge in [0.05, 0.1) is 12.5 Å². The van der Waals surface area contributed by atoms with Crippen LogP contribution >= 0.6 is 15.9 Å². The van der Waals surface area contributed by atoms with E-state index in [2.05, 4.69) is 21.2 Å². The Hall–Kier alpha value is -0.980. The van der Waals surface area contributed by atoms with Crippen molar-refractivity contribution in [2.24, 2.45) is 5.92 Å². The van der Waals surface area contributed by atoms with Crippen molar-refractivity contribution in [2.45, 2.75) is 19.1 Å². The maximum atomic E-state index is 14.0. The van der Waals surface area contributed by atoms with E-state index in [0.29, 0.717) is 23.0 Å². The molecule has 0 amide bonds. The van der Waals surface area contributed by atoms with Crippen molar-refractivity contribution in [2.75, 3.05) is 13.7 Å². The summed E-state index contributed by atoms with van der Waals surface area (Å²) in [5, 5.41) is 12.1. The summed E-state index contributed by atoms with van der Waals surface area (Å²) in [5.74, 6) is -1.57. The number of methoxy groups -OCH3 is 1. The predicted molar refractivity (Wildman–Crippen MR) is 71.3 cm³/mol. The number of hydrogen-bond donors (Lipinski definition) is 2. The number of nitrogens with one attached hydrogen (secondary N) is 1. The van der Waals surface area contributed by atoms with Crippen LogP contribution in [0.5, 0.6) is 0 Å². The summed E-state index contributed by atoms with van der Waals surface area (Å²) in [7, 11) is 1.51. The molecule has 1 aromatic rings. The van der Waals surface area contributed by atoms with Crippen LogP contribution in [0.1, 0.15) is 23.6 Å². The van der Waals surface area contributed by atoms with Crippen molar-refractivity contribution in [1.29, 1.82) is 0 Å². The van der Waals surface area contributed by atoms with Gasteiger partial charge in [0.1, 0.15) is 5.82 Å². The number of ether oxygens (including phenoxy) is 1. The van der Waals surface area contributed by atoms with Gasteiger partial charge in [-0.2, -0.15) is 0 Å². The second-order valence-corrected chi connectivity index (χ2v) is 5.48. The van der Waals surface area contributed by atoms with Crippen molar-refractivity contribution in [3.05, 3.63) is 33.5 Å². The molecule has 2 N–H and O–H groups in total. The average Bonchev–Trinajstić information content (AvgIpc) is 2.83. The summed E-state index contributed by atoms with van der Waals surface area (Å²) in [5.41, 5.74) is 1.23. The summed E-state index contributed by atoms with van der Waals surface area (Å²) in [6.07, 6.45) is 0.477. The molecular formula is C13H15BrFNO3. The molecular weight excluding hydrogens is 317 g/mol. The van der Waals surface area contributed by atoms with Gasteiger partial charge < -0.3 is 15.2 Å². The Morgan fingerprint density at radius 2 is 2.37 bits per heavy atom. The van der Waals surface area contributed by atoms with Crippen molar-refractivity contribution in [3.8, 4) is 0 Å². The van der Waals surface area contributed by atoms with Gasteiger partial charge in [-0.15, -0.1) is 0 Å². The highest BCUT2D eigenvalue weighted by atomic mass is 79.9. The molecule has 1 aliphatic heterocycles. The maximum absolute atomic E-state index is 14.0. The van der Waals surface area contributed by atoms with Gasteiger partial charge in [-0.3, -0.25) is 4.79 Å². The van der Waals surface area contributed by atoms with E-state index in [9.17, 15) is 9.18 Å². The lowest BCUT2D eigenvalue weighted by Gasteiger charge is -2.14. The second kappa shape index (κ2) is 5.98. The van der Waals surface area contributed by atoms with Gasteiger partial charge in [0.2, 0.25) is 0 Å². The van der Waals surface area contributed by atoms with E-state index in [1.54, 1.807) is 0 Å². The molecule has 6 heteroatoms. The van der Waals surface area contributed by atoms with Crippen LogP contribution in [-0.4, -0.2) is 24.7 Å². The van der Waals surface area contributed by atoms with Gasteiger partial charge in [0.15, 0.2) is 0 Å². The zero-order valence-corrected chi connectivity index (χ0v) is 12.0. The lowest BCUT2D eigenvalue weighted by Crippen LogP contribution is -2.17. The van der Waals surface area contributed by atoms with Crippen LogP contribution in [0.3, 0.4) is 0 Å². The fourth-order valence-corrected chi connectivity index (χ4v) is 2.85. The number of carboxylic acid groups (broad SMARTS) is 1. The lowest BCUT2D eigenvalue weighted by molar-refractivity contribution is -0.141. The molecule has 0 bridgehead atoms. The molecule has 0 radical (unpaired) electrons. The fourth-order valence-electron chi connectivity index (χ4n) is 2.28. The minimum absolute atomic E-state index is 0.122. The summed E-state index contributed by atoms with van der Waals surface area (Å²) in [6, 6.07) is 3.14. The normalized spacial score (nSPS) is 22.7. The molecule has 2 unspecified atom stereocenters. The van der Waals surface area contributed by atoms with Crippen LogP contribution in [0.2, 0.25) is 0 Å². The summed E-state index contributed by atoms with van der Waals surface area (Å²) < 4.78 is 19.5. The number of benzene rings is 1. The highest BCUT2D eigenvalue weighted by Gasteiger charge is 2.30. The first-order valence-corrected chi connectivity index (χ1v) is 6.75. The molecule has 0 saturated carbocycles. The molecule has 0 spiro atoms. The first-order valence-electron chi connectivity index (χ1n) is 5.96. The third-order valence-electron chi connectivity index (χ3n) is 3.33. The van der Waals surface area contributed by atoms with E-state index in [-0.39, 0.29) is 18.5 Å². The van der Waals surface area contributed by atoms with Gasteiger partial charge in [-0.1, -0.05) is 15.9 Å². The standard InChI is InChI=1S/C13H15BrFNO3/c1-19-6-9-10(14)2-7(3-11(9)15)12-4-8(5-16-12)13(17)18/h2-3,8,12,16H,4-6H2,1H3,(H,17,18). The van der Waals surface area contributed by atoms with Gasteiger partial charge in [0.25, 0.3) is 0 Å². The second-order valence-electron chi connectivity index (χ2n) is 4.63. The van der Waals surface area contributed by atoms with Gasteiger partial charge in [0, 0.05) is 29.7 Å². The van der Waals surface area contributed by atoms with Gasteiger partial charge in [-0.25, -0.2) is 4.39 Å². The number of carboxylic acids is 1. The van der Waals surface area contributed by atoms with Crippen molar-refractivity contribution >= 4 is 21.9 Å². The van der Waals surface area contributed by atoms with Crippen LogP contribution in [0.4, 0.5) is 4.39 Å². The fraction of sp³-hybridized carbons (Fsp3) is 0.462. The number of aliphatic carboxylic acids is 1. The molecule has 1 fully saturated rings. The third-order valence-corrected chi connectivity index (χ3v) is 4.04. The highest BCUT2D eigenvalue weighted by molar-refractivity contribution is 9.10. The molecule has 0 aliphatic carbocycles. The topological polar surface area (TPSA) is 58.6 Å². The molecule has 0 aromatic heterocycles. The summed E-state index contributed by atoms with van der Waals surface area (Å²) in [4.78, 5) is 10.9. The molecule has 1 heterocycles. The zero-order valence-electron chi connectivity index (χ0n) is 10.5. The smallest absolute Gasteiger partial charge is 0.307 e. The van der Waals surface area contributed by atoms with Crippen LogP contribution in [0, 0.1) is 11.7 Å². The van der Waals surface area contributed by atoms with E-state index >= 15 is 0 Å². The van der Waals surface area contributed by atoms with Crippen LogP contribution in [-0.2, 0) is 16.1 Å². The molecule has 2 rings (SSSR count). The molecule has 19 heavy (non-hydrogen) atoms. The number of hydrogen-bond acceptors (Lipinski definition) is 3. The summed E-state index contributed by atoms with van der Waals surface area (Å²) in [6.45, 7) is 0.613.